The lowest BCUT2D eigenvalue weighted by molar-refractivity contribution is 0.448. The average Bonchev–Trinajstić information content (AvgIpc) is 2.40. The van der Waals surface area contributed by atoms with Gasteiger partial charge in [-0.2, -0.15) is 0 Å². The van der Waals surface area contributed by atoms with Gasteiger partial charge in [-0.1, -0.05) is 6.07 Å². The quantitative estimate of drug-likeness (QED) is 0.699. The third-order valence-corrected chi connectivity index (χ3v) is 2.70. The molecule has 0 spiro atoms. The van der Waals surface area contributed by atoms with Crippen LogP contribution in [0.25, 0.3) is 11.1 Å². The Morgan fingerprint density at radius 1 is 1.36 bits per heavy atom. The summed E-state index contributed by atoms with van der Waals surface area (Å²) in [5, 5.41) is 3.21. The lowest BCUT2D eigenvalue weighted by atomic mass is 9.94. The summed E-state index contributed by atoms with van der Waals surface area (Å²) < 4.78 is 5.00. The van der Waals surface area contributed by atoms with Gasteiger partial charge in [0.25, 0.3) is 0 Å². The number of rotatable bonds is 1. The van der Waals surface area contributed by atoms with Gasteiger partial charge in [-0.05, 0) is 17.7 Å². The SMILES string of the molecule is O=c1[nH]c2ccc(C3CNC3)cc2o1. The number of oxazole rings is 1. The largest absolute Gasteiger partial charge is 0.417 e. The highest BCUT2D eigenvalue weighted by Gasteiger charge is 2.19. The normalized spacial score (nSPS) is 17.1. The average molecular weight is 190 g/mol. The molecule has 1 aromatic heterocycles. The predicted molar refractivity (Wildman–Crippen MR) is 52.4 cm³/mol. The van der Waals surface area contributed by atoms with Crippen molar-refractivity contribution in [2.75, 3.05) is 13.1 Å². The van der Waals surface area contributed by atoms with Crippen molar-refractivity contribution in [3.63, 3.8) is 0 Å². The number of aromatic amines is 1. The van der Waals surface area contributed by atoms with Crippen molar-refractivity contribution in [3.8, 4) is 0 Å². The molecule has 2 N–H and O–H groups in total. The predicted octanol–water partition coefficient (Wildman–Crippen LogP) is 0.808. The molecule has 1 aromatic carbocycles. The number of hydrogen-bond donors (Lipinski definition) is 2. The molecule has 0 bridgehead atoms. The number of H-pyrrole nitrogens is 1. The smallest absolute Gasteiger partial charge is 0.408 e. The summed E-state index contributed by atoms with van der Waals surface area (Å²) in [6.45, 7) is 2.03. The zero-order valence-electron chi connectivity index (χ0n) is 7.54. The van der Waals surface area contributed by atoms with Gasteiger partial charge in [-0.3, -0.25) is 4.98 Å². The van der Waals surface area contributed by atoms with Gasteiger partial charge in [0.05, 0.1) is 5.52 Å². The number of benzene rings is 1. The van der Waals surface area contributed by atoms with Crippen LogP contribution in [0.3, 0.4) is 0 Å². The molecule has 0 radical (unpaired) electrons. The van der Waals surface area contributed by atoms with Gasteiger partial charge in [-0.15, -0.1) is 0 Å². The molecule has 1 aliphatic rings. The Labute approximate surface area is 79.9 Å². The highest BCUT2D eigenvalue weighted by molar-refractivity contribution is 5.73. The van der Waals surface area contributed by atoms with E-state index in [1.165, 1.54) is 5.56 Å². The van der Waals surface area contributed by atoms with Crippen molar-refractivity contribution in [2.24, 2.45) is 0 Å². The van der Waals surface area contributed by atoms with Crippen molar-refractivity contribution in [1.29, 1.82) is 0 Å². The summed E-state index contributed by atoms with van der Waals surface area (Å²) in [4.78, 5) is 13.5. The van der Waals surface area contributed by atoms with Crippen LogP contribution in [0.15, 0.2) is 27.4 Å². The molecule has 0 unspecified atom stereocenters. The molecule has 2 aromatic rings. The Balaban J connectivity index is 2.13. The Hall–Kier alpha value is -1.55. The highest BCUT2D eigenvalue weighted by atomic mass is 16.4. The molecule has 4 heteroatoms. The van der Waals surface area contributed by atoms with Crippen LogP contribution in [-0.4, -0.2) is 18.1 Å². The first-order valence-corrected chi connectivity index (χ1v) is 4.66. The maximum absolute atomic E-state index is 10.9. The Morgan fingerprint density at radius 2 is 2.21 bits per heavy atom. The molecule has 2 heterocycles. The second-order valence-electron chi connectivity index (χ2n) is 3.63. The molecule has 0 atom stereocenters. The fourth-order valence-corrected chi connectivity index (χ4v) is 1.74. The molecule has 72 valence electrons. The van der Waals surface area contributed by atoms with Crippen molar-refractivity contribution in [2.45, 2.75) is 5.92 Å². The molecular formula is C10H10N2O2. The first kappa shape index (κ1) is 7.82. The maximum atomic E-state index is 10.9. The van der Waals surface area contributed by atoms with Gasteiger partial charge >= 0.3 is 5.76 Å². The van der Waals surface area contributed by atoms with Gasteiger partial charge in [-0.25, -0.2) is 4.79 Å². The fraction of sp³-hybridized carbons (Fsp3) is 0.300. The van der Waals surface area contributed by atoms with Gasteiger partial charge in [0, 0.05) is 19.0 Å². The van der Waals surface area contributed by atoms with Gasteiger partial charge in [0.1, 0.15) is 0 Å². The van der Waals surface area contributed by atoms with Crippen molar-refractivity contribution in [3.05, 3.63) is 34.3 Å². The van der Waals surface area contributed by atoms with Crippen LogP contribution < -0.4 is 11.1 Å². The summed E-state index contributed by atoms with van der Waals surface area (Å²) in [6, 6.07) is 5.88. The Bertz CT molecular complexity index is 522. The monoisotopic (exact) mass is 190 g/mol. The van der Waals surface area contributed by atoms with Crippen molar-refractivity contribution < 1.29 is 4.42 Å². The van der Waals surface area contributed by atoms with E-state index >= 15 is 0 Å². The number of aromatic nitrogens is 1. The van der Waals surface area contributed by atoms with Crippen molar-refractivity contribution in [1.82, 2.24) is 10.3 Å². The number of hydrogen-bond acceptors (Lipinski definition) is 3. The molecule has 0 aliphatic carbocycles. The Kier molecular flexibility index (Phi) is 1.52. The van der Waals surface area contributed by atoms with E-state index in [2.05, 4.69) is 10.3 Å². The molecule has 3 rings (SSSR count). The van der Waals surface area contributed by atoms with Crippen LogP contribution in [0, 0.1) is 0 Å². The molecule has 1 aliphatic heterocycles. The fourth-order valence-electron chi connectivity index (χ4n) is 1.74. The van der Waals surface area contributed by atoms with Gasteiger partial charge in [0.2, 0.25) is 0 Å². The maximum Gasteiger partial charge on any atom is 0.417 e. The van der Waals surface area contributed by atoms with Crippen molar-refractivity contribution >= 4 is 11.1 Å². The minimum absolute atomic E-state index is 0.385. The molecule has 0 amide bonds. The van der Waals surface area contributed by atoms with Crippen LogP contribution >= 0.6 is 0 Å². The summed E-state index contributed by atoms with van der Waals surface area (Å²) >= 11 is 0. The van der Waals surface area contributed by atoms with E-state index in [4.69, 9.17) is 4.42 Å². The third kappa shape index (κ3) is 1.08. The van der Waals surface area contributed by atoms with Crippen LogP contribution in [-0.2, 0) is 0 Å². The lowest BCUT2D eigenvalue weighted by Crippen LogP contribution is -2.39. The van der Waals surface area contributed by atoms with Gasteiger partial charge in [0.15, 0.2) is 5.58 Å². The van der Waals surface area contributed by atoms with E-state index < -0.39 is 0 Å². The van der Waals surface area contributed by atoms with E-state index in [1.54, 1.807) is 0 Å². The van der Waals surface area contributed by atoms with Crippen LogP contribution in [0.2, 0.25) is 0 Å². The van der Waals surface area contributed by atoms with E-state index in [0.29, 0.717) is 11.5 Å². The molecule has 1 saturated heterocycles. The summed E-state index contributed by atoms with van der Waals surface area (Å²) in [5.41, 5.74) is 2.66. The molecule has 1 fully saturated rings. The second-order valence-corrected chi connectivity index (χ2v) is 3.63. The molecule has 4 nitrogen and oxygen atoms in total. The van der Waals surface area contributed by atoms with Crippen LogP contribution in [0.5, 0.6) is 0 Å². The number of nitrogens with one attached hydrogen (secondary N) is 2. The first-order valence-electron chi connectivity index (χ1n) is 4.66. The molecule has 14 heavy (non-hydrogen) atoms. The highest BCUT2D eigenvalue weighted by Crippen LogP contribution is 2.22. The number of fused-ring (bicyclic) bond motifs is 1. The topological polar surface area (TPSA) is 58.0 Å². The third-order valence-electron chi connectivity index (χ3n) is 2.70. The standard InChI is InChI=1S/C10H10N2O2/c13-10-12-8-2-1-6(3-9(8)14-10)7-4-11-5-7/h1-3,7,11H,4-5H2,(H,12,13). The second kappa shape index (κ2) is 2.72. The van der Waals surface area contributed by atoms with Gasteiger partial charge < -0.3 is 9.73 Å². The minimum atomic E-state index is -0.385. The van der Waals surface area contributed by atoms with E-state index in [0.717, 1.165) is 18.6 Å². The van der Waals surface area contributed by atoms with Crippen LogP contribution in [0.1, 0.15) is 11.5 Å². The zero-order valence-corrected chi connectivity index (χ0v) is 7.54. The van der Waals surface area contributed by atoms with E-state index in [1.807, 2.05) is 18.2 Å². The summed E-state index contributed by atoms with van der Waals surface area (Å²) in [5.74, 6) is 0.184. The molecule has 0 saturated carbocycles. The van der Waals surface area contributed by atoms with Crippen LogP contribution in [0.4, 0.5) is 0 Å². The zero-order chi connectivity index (χ0) is 9.54. The van der Waals surface area contributed by atoms with E-state index in [-0.39, 0.29) is 5.76 Å². The molecular weight excluding hydrogens is 180 g/mol. The summed E-state index contributed by atoms with van der Waals surface area (Å²) in [6.07, 6.45) is 0. The Morgan fingerprint density at radius 3 is 2.93 bits per heavy atom. The lowest BCUT2D eigenvalue weighted by Gasteiger charge is -2.27. The first-order chi connectivity index (χ1) is 6.83. The minimum Gasteiger partial charge on any atom is -0.408 e. The van der Waals surface area contributed by atoms with E-state index in [9.17, 15) is 4.79 Å². The summed E-state index contributed by atoms with van der Waals surface area (Å²) in [7, 11) is 0.